The van der Waals surface area contributed by atoms with Crippen LogP contribution < -0.4 is 10.9 Å². The van der Waals surface area contributed by atoms with E-state index in [1.807, 2.05) is 11.3 Å². The van der Waals surface area contributed by atoms with Crippen molar-refractivity contribution >= 4 is 93.2 Å². The minimum atomic E-state index is -0.121. The highest BCUT2D eigenvalue weighted by Crippen LogP contribution is 2.55. The molecular weight excluding hydrogens is 603 g/mol. The summed E-state index contributed by atoms with van der Waals surface area (Å²) in [7, 11) is 0. The van der Waals surface area contributed by atoms with Crippen LogP contribution in [0.1, 0.15) is 25.0 Å². The minimum absolute atomic E-state index is 0.00472. The fraction of sp³-hybridized carbons (Fsp3) is 0.0698. The molecule has 0 N–H and O–H groups in total. The van der Waals surface area contributed by atoms with E-state index >= 15 is 0 Å². The molecule has 0 saturated heterocycles. The number of nitrogens with zero attached hydrogens (tertiary/aromatic N) is 2. The van der Waals surface area contributed by atoms with Gasteiger partial charge in [0.05, 0.1) is 21.4 Å². The van der Waals surface area contributed by atoms with Crippen LogP contribution in [0.3, 0.4) is 0 Å². The summed E-state index contributed by atoms with van der Waals surface area (Å²) < 4.78 is 15.0. The second kappa shape index (κ2) is 7.78. The Kier molecular flexibility index (Phi) is 3.99. The molecular formula is C43H25BN2OS. The molecule has 0 saturated carbocycles. The molecule has 6 heterocycles. The Morgan fingerprint density at radius 2 is 1.42 bits per heavy atom. The van der Waals surface area contributed by atoms with Crippen molar-refractivity contribution in [1.29, 1.82) is 0 Å². The first-order valence-electron chi connectivity index (χ1n) is 16.8. The van der Waals surface area contributed by atoms with Gasteiger partial charge in [-0.05, 0) is 40.3 Å². The van der Waals surface area contributed by atoms with Gasteiger partial charge >= 0.3 is 6.85 Å². The average Bonchev–Trinajstić information content (AvgIpc) is 3.90. The standard InChI is InChI=1S/C43H25BN2OS/c1-43(2)29-17-6-3-12-23(29)39-35(43)26-15-10-18-30-38(26)45(39)31-21-28-22-11-4-7-19-32(22)47-41(28)34-25-14-9-16-27-37(25)46(44(30)36(31)34)40-24-13-5-8-20-33(24)48-42(27)40/h3-21H,1-2H3. The van der Waals surface area contributed by atoms with Crippen molar-refractivity contribution in [3.05, 3.63) is 126 Å². The predicted molar refractivity (Wildman–Crippen MR) is 202 cm³/mol. The molecule has 13 rings (SSSR count). The number of hydrogen-bond acceptors (Lipinski definition) is 2. The molecule has 0 atom stereocenters. The summed E-state index contributed by atoms with van der Waals surface area (Å²) in [5, 5.41) is 6.38. The Balaban J connectivity index is 1.33. The summed E-state index contributed by atoms with van der Waals surface area (Å²) in [5.74, 6) is 0. The Hall–Kier alpha value is -5.52. The summed E-state index contributed by atoms with van der Waals surface area (Å²) in [6.07, 6.45) is 0. The quantitative estimate of drug-likeness (QED) is 0.153. The van der Waals surface area contributed by atoms with E-state index in [4.69, 9.17) is 4.42 Å². The van der Waals surface area contributed by atoms with Crippen molar-refractivity contribution in [3.8, 4) is 28.1 Å². The zero-order chi connectivity index (χ0) is 31.2. The van der Waals surface area contributed by atoms with E-state index in [2.05, 4.69) is 138 Å². The molecule has 0 fully saturated rings. The molecule has 1 aliphatic carbocycles. The summed E-state index contributed by atoms with van der Waals surface area (Å²) in [6, 6.07) is 43.0. The Bertz CT molecular complexity index is 3170. The second-order valence-corrected chi connectivity index (χ2v) is 15.4. The third kappa shape index (κ3) is 2.48. The van der Waals surface area contributed by atoms with Crippen LogP contribution in [-0.4, -0.2) is 15.9 Å². The molecule has 0 unspecified atom stereocenters. The second-order valence-electron chi connectivity index (χ2n) is 14.4. The molecule has 0 spiro atoms. The number of rotatable bonds is 0. The van der Waals surface area contributed by atoms with Gasteiger partial charge in [-0.25, -0.2) is 0 Å². The van der Waals surface area contributed by atoms with Gasteiger partial charge in [0, 0.05) is 64.9 Å². The van der Waals surface area contributed by atoms with E-state index in [-0.39, 0.29) is 12.3 Å². The number of fused-ring (bicyclic) bond motifs is 18. The number of benzene rings is 6. The lowest BCUT2D eigenvalue weighted by molar-refractivity contribution is 0.666. The van der Waals surface area contributed by atoms with Gasteiger partial charge in [-0.3, -0.25) is 0 Å². The van der Waals surface area contributed by atoms with Crippen molar-refractivity contribution < 1.29 is 4.42 Å². The van der Waals surface area contributed by atoms with Crippen molar-refractivity contribution in [3.63, 3.8) is 0 Å². The van der Waals surface area contributed by atoms with Crippen LogP contribution in [0, 0.1) is 0 Å². The van der Waals surface area contributed by atoms with Crippen LogP contribution >= 0.6 is 11.3 Å². The molecule has 4 aromatic heterocycles. The van der Waals surface area contributed by atoms with Crippen LogP contribution in [-0.2, 0) is 5.41 Å². The highest BCUT2D eigenvalue weighted by molar-refractivity contribution is 7.27. The van der Waals surface area contributed by atoms with Crippen molar-refractivity contribution in [2.75, 3.05) is 0 Å². The van der Waals surface area contributed by atoms with Crippen molar-refractivity contribution in [1.82, 2.24) is 9.05 Å². The average molecular weight is 629 g/mol. The lowest BCUT2D eigenvalue weighted by Crippen LogP contribution is -2.55. The van der Waals surface area contributed by atoms with Gasteiger partial charge in [-0.1, -0.05) is 111 Å². The number of aromatic nitrogens is 2. The topological polar surface area (TPSA) is 23.0 Å². The SMILES string of the molecule is CC1(C)c2ccccc2-c2c1c1cccc3c1n2-c1cc2c(oc4ccccc42)c2c1B3n1c3c-2cccc3c2sc3ccccc3c21. The molecule has 0 amide bonds. The fourth-order valence-corrected chi connectivity index (χ4v) is 11.3. The first-order valence-corrected chi connectivity index (χ1v) is 17.6. The first kappa shape index (κ1) is 24.6. The summed E-state index contributed by atoms with van der Waals surface area (Å²) >= 11 is 1.92. The smallest absolute Gasteiger partial charge is 0.333 e. The minimum Gasteiger partial charge on any atom is -0.455 e. The Labute approximate surface area is 279 Å². The zero-order valence-corrected chi connectivity index (χ0v) is 27.1. The lowest BCUT2D eigenvalue weighted by Gasteiger charge is -2.34. The fourth-order valence-electron chi connectivity index (χ4n) is 10.1. The largest absolute Gasteiger partial charge is 0.455 e. The van der Waals surface area contributed by atoms with Crippen molar-refractivity contribution in [2.45, 2.75) is 19.3 Å². The Morgan fingerprint density at radius 1 is 0.667 bits per heavy atom. The molecule has 3 aliphatic rings. The molecule has 5 heteroatoms. The summed E-state index contributed by atoms with van der Waals surface area (Å²) in [5.41, 5.74) is 17.8. The van der Waals surface area contributed by atoms with Crippen LogP contribution in [0.2, 0.25) is 0 Å². The normalized spacial score (nSPS) is 15.0. The molecule has 3 nitrogen and oxygen atoms in total. The molecule has 222 valence electrons. The third-order valence-corrected chi connectivity index (χ3v) is 13.0. The van der Waals surface area contributed by atoms with Crippen LogP contribution in [0.5, 0.6) is 0 Å². The molecule has 10 aromatic rings. The highest BCUT2D eigenvalue weighted by Gasteiger charge is 2.47. The zero-order valence-electron chi connectivity index (χ0n) is 26.3. The maximum Gasteiger partial charge on any atom is 0.333 e. The maximum absolute atomic E-state index is 6.90. The van der Waals surface area contributed by atoms with Crippen LogP contribution in [0.15, 0.2) is 120 Å². The van der Waals surface area contributed by atoms with Gasteiger partial charge in [-0.15, -0.1) is 11.3 Å². The van der Waals surface area contributed by atoms with Crippen LogP contribution in [0.25, 0.3) is 92.1 Å². The highest BCUT2D eigenvalue weighted by atomic mass is 32.1. The van der Waals surface area contributed by atoms with Gasteiger partial charge < -0.3 is 13.5 Å². The molecule has 0 radical (unpaired) electrons. The van der Waals surface area contributed by atoms with Gasteiger partial charge in [0.25, 0.3) is 0 Å². The maximum atomic E-state index is 6.90. The van der Waals surface area contributed by atoms with E-state index in [0.717, 1.165) is 11.2 Å². The summed E-state index contributed by atoms with van der Waals surface area (Å²) in [4.78, 5) is 0. The van der Waals surface area contributed by atoms with E-state index in [1.165, 1.54) is 103 Å². The third-order valence-electron chi connectivity index (χ3n) is 11.9. The van der Waals surface area contributed by atoms with Crippen molar-refractivity contribution in [2.24, 2.45) is 0 Å². The number of hydrogen-bond donors (Lipinski definition) is 0. The Morgan fingerprint density at radius 3 is 2.35 bits per heavy atom. The van der Waals surface area contributed by atoms with E-state index in [9.17, 15) is 0 Å². The van der Waals surface area contributed by atoms with E-state index in [0.29, 0.717) is 0 Å². The monoisotopic (exact) mass is 628 g/mol. The van der Waals surface area contributed by atoms with Gasteiger partial charge in [0.2, 0.25) is 0 Å². The molecule has 48 heavy (non-hydrogen) atoms. The molecule has 6 aromatic carbocycles. The molecule has 2 aliphatic heterocycles. The number of para-hydroxylation sites is 3. The number of furan rings is 1. The van der Waals surface area contributed by atoms with Gasteiger partial charge in [0.15, 0.2) is 0 Å². The summed E-state index contributed by atoms with van der Waals surface area (Å²) in [6.45, 7) is 4.82. The number of thiophene rings is 1. The van der Waals surface area contributed by atoms with E-state index in [1.54, 1.807) is 0 Å². The van der Waals surface area contributed by atoms with Crippen LogP contribution in [0.4, 0.5) is 0 Å². The van der Waals surface area contributed by atoms with Gasteiger partial charge in [0.1, 0.15) is 11.2 Å². The van der Waals surface area contributed by atoms with E-state index < -0.39 is 0 Å². The van der Waals surface area contributed by atoms with Gasteiger partial charge in [-0.2, -0.15) is 0 Å². The predicted octanol–water partition coefficient (Wildman–Crippen LogP) is 10.1. The first-order chi connectivity index (χ1) is 23.6. The molecule has 0 bridgehead atoms. The lowest BCUT2D eigenvalue weighted by atomic mass is 9.45.